The molecule has 1 aromatic heterocycles. The van der Waals surface area contributed by atoms with E-state index in [1.165, 1.54) is 0 Å². The third-order valence-corrected chi connectivity index (χ3v) is 3.73. The van der Waals surface area contributed by atoms with E-state index in [1.807, 2.05) is 6.92 Å². The van der Waals surface area contributed by atoms with Gasteiger partial charge in [-0.1, -0.05) is 32.4 Å². The van der Waals surface area contributed by atoms with Gasteiger partial charge in [0, 0.05) is 22.0 Å². The molecule has 0 spiro atoms. The smallest absolute Gasteiger partial charge is 0.146 e. The van der Waals surface area contributed by atoms with Gasteiger partial charge in [-0.2, -0.15) is 0 Å². The molecule has 19 heavy (non-hydrogen) atoms. The van der Waals surface area contributed by atoms with Crippen molar-refractivity contribution in [2.24, 2.45) is 0 Å². The Morgan fingerprint density at radius 2 is 1.89 bits per heavy atom. The third kappa shape index (κ3) is 2.35. The second-order valence-corrected chi connectivity index (χ2v) is 6.16. The van der Waals surface area contributed by atoms with E-state index in [-0.39, 0.29) is 5.41 Å². The maximum Gasteiger partial charge on any atom is 0.146 e. The normalized spacial score (nSPS) is 11.9. The molecule has 0 amide bonds. The fraction of sp³-hybridized carbons (Fsp3) is 0.400. The molecule has 0 aliphatic carbocycles. The fourth-order valence-corrected chi connectivity index (χ4v) is 2.38. The van der Waals surface area contributed by atoms with Gasteiger partial charge in [0.1, 0.15) is 17.1 Å². The topological polar surface area (TPSA) is 48.1 Å². The van der Waals surface area contributed by atoms with Crippen molar-refractivity contribution in [1.82, 2.24) is 4.98 Å². The molecule has 1 aromatic carbocycles. The number of nitrogens with two attached hydrogens (primary N) is 1. The molecule has 0 radical (unpaired) electrons. The highest BCUT2D eigenvalue weighted by atomic mass is 35.5. The maximum atomic E-state index is 6.24. The van der Waals surface area contributed by atoms with Gasteiger partial charge in [0.05, 0.1) is 7.11 Å². The van der Waals surface area contributed by atoms with E-state index in [9.17, 15) is 0 Å². The van der Waals surface area contributed by atoms with Gasteiger partial charge in [0.2, 0.25) is 0 Å². The first-order valence-electron chi connectivity index (χ1n) is 6.19. The third-order valence-electron chi connectivity index (χ3n) is 3.33. The molecule has 0 fully saturated rings. The lowest BCUT2D eigenvalue weighted by molar-refractivity contribution is 0.419. The maximum absolute atomic E-state index is 6.24. The van der Waals surface area contributed by atoms with Crippen molar-refractivity contribution < 1.29 is 4.74 Å². The minimum atomic E-state index is -0.0622. The number of aryl methyl sites for hydroxylation is 1. The molecule has 2 aromatic rings. The van der Waals surface area contributed by atoms with Crippen LogP contribution in [0.5, 0.6) is 5.75 Å². The van der Waals surface area contributed by atoms with Crippen LogP contribution in [-0.2, 0) is 5.41 Å². The lowest BCUT2D eigenvalue weighted by atomic mass is 9.86. The van der Waals surface area contributed by atoms with E-state index in [4.69, 9.17) is 22.1 Å². The number of hydrogen-bond acceptors (Lipinski definition) is 3. The van der Waals surface area contributed by atoms with E-state index in [1.54, 1.807) is 13.2 Å². The summed E-state index contributed by atoms with van der Waals surface area (Å²) in [6.45, 7) is 8.32. The van der Waals surface area contributed by atoms with E-state index in [2.05, 4.69) is 31.8 Å². The van der Waals surface area contributed by atoms with Crippen LogP contribution in [0.4, 0.5) is 5.82 Å². The number of rotatable bonds is 1. The Morgan fingerprint density at radius 1 is 1.26 bits per heavy atom. The SMILES string of the molecule is COc1cc(Cl)c(C)c2cc(C(C)(C)C)c(N)nc12. The van der Waals surface area contributed by atoms with E-state index in [0.717, 1.165) is 22.0 Å². The van der Waals surface area contributed by atoms with Gasteiger partial charge in [-0.15, -0.1) is 0 Å². The van der Waals surface area contributed by atoms with Gasteiger partial charge in [0.25, 0.3) is 0 Å². The second-order valence-electron chi connectivity index (χ2n) is 5.75. The molecule has 1 heterocycles. The first-order chi connectivity index (χ1) is 8.75. The van der Waals surface area contributed by atoms with Crippen molar-refractivity contribution in [3.05, 3.63) is 28.3 Å². The van der Waals surface area contributed by atoms with Crippen molar-refractivity contribution in [3.63, 3.8) is 0 Å². The summed E-state index contributed by atoms with van der Waals surface area (Å²) in [4.78, 5) is 4.51. The van der Waals surface area contributed by atoms with Crippen molar-refractivity contribution in [3.8, 4) is 5.75 Å². The summed E-state index contributed by atoms with van der Waals surface area (Å²) in [7, 11) is 1.61. The highest BCUT2D eigenvalue weighted by Crippen LogP contribution is 2.37. The van der Waals surface area contributed by atoms with Crippen molar-refractivity contribution in [2.75, 3.05) is 12.8 Å². The Balaban J connectivity index is 2.89. The number of aromatic nitrogens is 1. The van der Waals surface area contributed by atoms with Gasteiger partial charge < -0.3 is 10.5 Å². The summed E-state index contributed by atoms with van der Waals surface area (Å²) in [5.41, 5.74) is 8.80. The molecule has 3 nitrogen and oxygen atoms in total. The molecule has 0 bridgehead atoms. The predicted octanol–water partition coefficient (Wildman–Crippen LogP) is 4.08. The van der Waals surface area contributed by atoms with Crippen LogP contribution in [0.1, 0.15) is 31.9 Å². The summed E-state index contributed by atoms with van der Waals surface area (Å²) >= 11 is 6.24. The highest BCUT2D eigenvalue weighted by Gasteiger charge is 2.21. The van der Waals surface area contributed by atoms with Gasteiger partial charge >= 0.3 is 0 Å². The number of halogens is 1. The molecule has 0 saturated heterocycles. The molecule has 0 aliphatic rings. The largest absolute Gasteiger partial charge is 0.494 e. The Hall–Kier alpha value is -1.48. The average Bonchev–Trinajstić information content (AvgIpc) is 2.31. The summed E-state index contributed by atoms with van der Waals surface area (Å²) < 4.78 is 5.34. The number of nitrogen functional groups attached to an aromatic ring is 1. The molecule has 0 atom stereocenters. The number of hydrogen-bond donors (Lipinski definition) is 1. The van der Waals surface area contributed by atoms with Gasteiger partial charge in [0.15, 0.2) is 0 Å². The Kier molecular flexibility index (Phi) is 3.35. The van der Waals surface area contributed by atoms with E-state index >= 15 is 0 Å². The zero-order chi connectivity index (χ0) is 14.4. The molecule has 4 heteroatoms. The minimum Gasteiger partial charge on any atom is -0.494 e. The van der Waals surface area contributed by atoms with Crippen LogP contribution in [0, 0.1) is 6.92 Å². The van der Waals surface area contributed by atoms with Crippen LogP contribution in [0.2, 0.25) is 5.02 Å². The molecule has 0 saturated carbocycles. The number of anilines is 1. The Labute approximate surface area is 118 Å². The summed E-state index contributed by atoms with van der Waals surface area (Å²) in [5.74, 6) is 1.19. The zero-order valence-corrected chi connectivity index (χ0v) is 12.7. The Bertz CT molecular complexity index is 645. The number of fused-ring (bicyclic) bond motifs is 1. The average molecular weight is 279 g/mol. The molecule has 0 aliphatic heterocycles. The first kappa shape index (κ1) is 13.9. The molecule has 102 valence electrons. The zero-order valence-electron chi connectivity index (χ0n) is 12.0. The van der Waals surface area contributed by atoms with Crippen molar-refractivity contribution >= 4 is 28.3 Å². The number of nitrogens with zero attached hydrogens (tertiary/aromatic N) is 1. The van der Waals surface area contributed by atoms with Crippen molar-refractivity contribution in [2.45, 2.75) is 33.1 Å². The molecule has 0 unspecified atom stereocenters. The summed E-state index contributed by atoms with van der Waals surface area (Å²) in [6, 6.07) is 3.85. The first-order valence-corrected chi connectivity index (χ1v) is 6.57. The summed E-state index contributed by atoms with van der Waals surface area (Å²) in [5, 5.41) is 1.67. The number of methoxy groups -OCH3 is 1. The minimum absolute atomic E-state index is 0.0622. The van der Waals surface area contributed by atoms with E-state index in [0.29, 0.717) is 16.6 Å². The lowest BCUT2D eigenvalue weighted by Gasteiger charge is -2.22. The quantitative estimate of drug-likeness (QED) is 0.855. The molecule has 2 rings (SSSR count). The molecule has 2 N–H and O–H groups in total. The van der Waals surface area contributed by atoms with Gasteiger partial charge in [-0.3, -0.25) is 0 Å². The van der Waals surface area contributed by atoms with Gasteiger partial charge in [-0.05, 0) is 24.0 Å². The monoisotopic (exact) mass is 278 g/mol. The number of benzene rings is 1. The lowest BCUT2D eigenvalue weighted by Crippen LogP contribution is -2.15. The number of ether oxygens (including phenoxy) is 1. The number of pyridine rings is 1. The predicted molar refractivity (Wildman–Crippen MR) is 81.2 cm³/mol. The van der Waals surface area contributed by atoms with Crippen LogP contribution in [0.3, 0.4) is 0 Å². The Morgan fingerprint density at radius 3 is 2.42 bits per heavy atom. The van der Waals surface area contributed by atoms with Crippen molar-refractivity contribution in [1.29, 1.82) is 0 Å². The van der Waals surface area contributed by atoms with Crippen LogP contribution in [0.25, 0.3) is 10.9 Å². The highest BCUT2D eigenvalue weighted by molar-refractivity contribution is 6.32. The fourth-order valence-electron chi connectivity index (χ4n) is 2.18. The summed E-state index contributed by atoms with van der Waals surface area (Å²) in [6.07, 6.45) is 0. The molecular formula is C15H19ClN2O. The molecular weight excluding hydrogens is 260 g/mol. The standard InChI is InChI=1S/C15H19ClN2O/c1-8-9-6-10(15(2,3)4)14(17)18-13(9)12(19-5)7-11(8)16/h6-7H,1-5H3,(H2,17,18). The van der Waals surface area contributed by atoms with Gasteiger partial charge in [-0.25, -0.2) is 4.98 Å². The van der Waals surface area contributed by atoms with Crippen LogP contribution >= 0.6 is 11.6 Å². The van der Waals surface area contributed by atoms with Crippen LogP contribution < -0.4 is 10.5 Å². The second kappa shape index (κ2) is 4.57. The van der Waals surface area contributed by atoms with Crippen LogP contribution in [0.15, 0.2) is 12.1 Å². The van der Waals surface area contributed by atoms with E-state index < -0.39 is 0 Å². The van der Waals surface area contributed by atoms with Crippen LogP contribution in [-0.4, -0.2) is 12.1 Å².